The van der Waals surface area contributed by atoms with Crippen LogP contribution in [0.25, 0.3) is 0 Å². The molecular formula is C9H11N3O4. The molecule has 2 amide bonds. The van der Waals surface area contributed by atoms with Gasteiger partial charge in [0.15, 0.2) is 6.61 Å². The molecule has 0 spiro atoms. The lowest BCUT2D eigenvalue weighted by atomic mass is 10.2. The molecule has 86 valence electrons. The largest absolute Gasteiger partial charge is 0.484 e. The third-order valence-electron chi connectivity index (χ3n) is 1.72. The molecule has 16 heavy (non-hydrogen) atoms. The molecule has 0 saturated carbocycles. The van der Waals surface area contributed by atoms with Crippen molar-refractivity contribution in [1.29, 1.82) is 0 Å². The number of rotatable bonds is 4. The Morgan fingerprint density at radius 1 is 1.44 bits per heavy atom. The summed E-state index contributed by atoms with van der Waals surface area (Å²) in [5, 5.41) is 8.23. The van der Waals surface area contributed by atoms with Crippen molar-refractivity contribution in [2.75, 3.05) is 6.61 Å². The molecule has 0 saturated heterocycles. The first kappa shape index (κ1) is 12.0. The predicted molar refractivity (Wildman–Crippen MR) is 53.5 cm³/mol. The van der Waals surface area contributed by atoms with Crippen LogP contribution in [0.4, 0.5) is 0 Å². The molecule has 1 aromatic rings. The highest BCUT2D eigenvalue weighted by molar-refractivity contribution is 5.94. The van der Waals surface area contributed by atoms with E-state index in [9.17, 15) is 9.59 Å². The maximum absolute atomic E-state index is 11.1. The van der Waals surface area contributed by atoms with Gasteiger partial charge in [0, 0.05) is 5.56 Å². The Morgan fingerprint density at radius 2 is 2.19 bits per heavy atom. The zero-order valence-electron chi connectivity index (χ0n) is 8.27. The highest BCUT2D eigenvalue weighted by Crippen LogP contribution is 2.12. The first-order valence-corrected chi connectivity index (χ1v) is 4.34. The van der Waals surface area contributed by atoms with Gasteiger partial charge in [-0.05, 0) is 18.2 Å². The molecule has 1 rings (SSSR count). The van der Waals surface area contributed by atoms with Gasteiger partial charge in [-0.25, -0.2) is 11.3 Å². The number of ether oxygens (including phenoxy) is 1. The van der Waals surface area contributed by atoms with E-state index in [0.717, 1.165) is 0 Å². The summed E-state index contributed by atoms with van der Waals surface area (Å²) in [6.07, 6.45) is 0. The van der Waals surface area contributed by atoms with Gasteiger partial charge in [0.2, 0.25) is 0 Å². The molecule has 0 fully saturated rings. The number of nitrogen functional groups attached to an aromatic ring is 1. The minimum atomic E-state index is -0.686. The van der Waals surface area contributed by atoms with E-state index in [1.807, 2.05) is 5.43 Å². The van der Waals surface area contributed by atoms with Crippen molar-refractivity contribution in [1.82, 2.24) is 10.9 Å². The van der Waals surface area contributed by atoms with Crippen LogP contribution in [0.3, 0.4) is 0 Å². The standard InChI is InChI=1S/C9H11N3O4/c10-11-9(14)6-2-1-3-7(4-6)16-5-8(13)12-15/h1-4,15H,5,10H2,(H,11,14)(H,12,13). The summed E-state index contributed by atoms with van der Waals surface area (Å²) in [7, 11) is 0. The predicted octanol–water partition coefficient (Wildman–Crippen LogP) is -0.826. The van der Waals surface area contributed by atoms with Gasteiger partial charge in [-0.2, -0.15) is 0 Å². The Labute approximate surface area is 91.1 Å². The average Bonchev–Trinajstić information content (AvgIpc) is 2.35. The summed E-state index contributed by atoms with van der Waals surface area (Å²) in [5.74, 6) is 4.14. The maximum Gasteiger partial charge on any atom is 0.281 e. The van der Waals surface area contributed by atoms with Crippen molar-refractivity contribution >= 4 is 11.8 Å². The SMILES string of the molecule is NNC(=O)c1cccc(OCC(=O)NO)c1. The lowest BCUT2D eigenvalue weighted by Gasteiger charge is -2.06. The monoisotopic (exact) mass is 225 g/mol. The Kier molecular flexibility index (Phi) is 4.25. The number of carbonyl (C=O) groups is 2. The minimum Gasteiger partial charge on any atom is -0.484 e. The molecule has 0 aliphatic carbocycles. The molecule has 0 radical (unpaired) electrons. The topological polar surface area (TPSA) is 114 Å². The second kappa shape index (κ2) is 5.69. The van der Waals surface area contributed by atoms with E-state index in [1.165, 1.54) is 11.5 Å². The molecular weight excluding hydrogens is 214 g/mol. The van der Waals surface area contributed by atoms with Gasteiger partial charge in [0.05, 0.1) is 0 Å². The highest BCUT2D eigenvalue weighted by atomic mass is 16.5. The number of nitrogens with one attached hydrogen (secondary N) is 2. The lowest BCUT2D eigenvalue weighted by Crippen LogP contribution is -2.30. The van der Waals surface area contributed by atoms with Gasteiger partial charge in [-0.1, -0.05) is 6.07 Å². The third-order valence-corrected chi connectivity index (χ3v) is 1.72. The normalized spacial score (nSPS) is 9.38. The Hall–Kier alpha value is -2.12. The first-order chi connectivity index (χ1) is 7.67. The van der Waals surface area contributed by atoms with E-state index in [4.69, 9.17) is 15.8 Å². The van der Waals surface area contributed by atoms with E-state index in [1.54, 1.807) is 18.2 Å². The van der Waals surface area contributed by atoms with Crippen LogP contribution in [0.1, 0.15) is 10.4 Å². The summed E-state index contributed by atoms with van der Waals surface area (Å²) >= 11 is 0. The van der Waals surface area contributed by atoms with Crippen LogP contribution in [0.5, 0.6) is 5.75 Å². The third kappa shape index (κ3) is 3.23. The fourth-order valence-corrected chi connectivity index (χ4v) is 0.992. The Balaban J connectivity index is 2.67. The molecule has 0 aliphatic heterocycles. The zero-order chi connectivity index (χ0) is 12.0. The summed E-state index contributed by atoms with van der Waals surface area (Å²) < 4.78 is 5.00. The van der Waals surface area contributed by atoms with Gasteiger partial charge < -0.3 is 4.74 Å². The van der Waals surface area contributed by atoms with Crippen molar-refractivity contribution < 1.29 is 19.5 Å². The molecule has 5 N–H and O–H groups in total. The Morgan fingerprint density at radius 3 is 2.81 bits per heavy atom. The number of hydrogen-bond donors (Lipinski definition) is 4. The molecule has 0 unspecified atom stereocenters. The Bertz CT molecular complexity index is 394. The second-order valence-corrected chi connectivity index (χ2v) is 2.82. The number of benzene rings is 1. The van der Waals surface area contributed by atoms with Crippen LogP contribution >= 0.6 is 0 Å². The highest BCUT2D eigenvalue weighted by Gasteiger charge is 2.05. The van der Waals surface area contributed by atoms with Crippen LogP contribution in [0.15, 0.2) is 24.3 Å². The number of amides is 2. The van der Waals surface area contributed by atoms with Crippen LogP contribution < -0.4 is 21.5 Å². The summed E-state index contributed by atoms with van der Waals surface area (Å²) in [6.45, 7) is -0.343. The van der Waals surface area contributed by atoms with E-state index in [2.05, 4.69) is 0 Å². The van der Waals surface area contributed by atoms with E-state index >= 15 is 0 Å². The molecule has 7 heteroatoms. The fourth-order valence-electron chi connectivity index (χ4n) is 0.992. The van der Waals surface area contributed by atoms with E-state index in [0.29, 0.717) is 11.3 Å². The first-order valence-electron chi connectivity index (χ1n) is 4.34. The fraction of sp³-hybridized carbons (Fsp3) is 0.111. The smallest absolute Gasteiger partial charge is 0.281 e. The molecule has 0 bridgehead atoms. The van der Waals surface area contributed by atoms with Gasteiger partial charge in [0.1, 0.15) is 5.75 Å². The van der Waals surface area contributed by atoms with Crippen LogP contribution in [-0.4, -0.2) is 23.6 Å². The second-order valence-electron chi connectivity index (χ2n) is 2.82. The van der Waals surface area contributed by atoms with Crippen LogP contribution in [0.2, 0.25) is 0 Å². The zero-order valence-corrected chi connectivity index (χ0v) is 8.27. The number of hydrazine groups is 1. The molecule has 0 aromatic heterocycles. The summed E-state index contributed by atoms with van der Waals surface area (Å²) in [6, 6.07) is 6.11. The molecule has 7 nitrogen and oxygen atoms in total. The maximum atomic E-state index is 11.1. The summed E-state index contributed by atoms with van der Waals surface area (Å²) in [4.78, 5) is 21.8. The van der Waals surface area contributed by atoms with Crippen molar-refractivity contribution in [3.63, 3.8) is 0 Å². The van der Waals surface area contributed by atoms with Crippen molar-refractivity contribution in [3.8, 4) is 5.75 Å². The van der Waals surface area contributed by atoms with Gasteiger partial charge >= 0.3 is 0 Å². The summed E-state index contributed by atoms with van der Waals surface area (Å²) in [5.41, 5.74) is 3.70. The van der Waals surface area contributed by atoms with Gasteiger partial charge in [0.25, 0.3) is 11.8 Å². The molecule has 0 heterocycles. The quantitative estimate of drug-likeness (QED) is 0.231. The number of carbonyl (C=O) groups excluding carboxylic acids is 2. The molecule has 1 aromatic carbocycles. The van der Waals surface area contributed by atoms with E-state index < -0.39 is 11.8 Å². The van der Waals surface area contributed by atoms with Crippen molar-refractivity contribution in [2.45, 2.75) is 0 Å². The van der Waals surface area contributed by atoms with Crippen molar-refractivity contribution in [2.24, 2.45) is 5.84 Å². The number of hydrogen-bond acceptors (Lipinski definition) is 5. The van der Waals surface area contributed by atoms with Crippen molar-refractivity contribution in [3.05, 3.63) is 29.8 Å². The molecule has 0 aliphatic rings. The van der Waals surface area contributed by atoms with Gasteiger partial charge in [-0.15, -0.1) is 0 Å². The minimum absolute atomic E-state index is 0.310. The van der Waals surface area contributed by atoms with Gasteiger partial charge in [-0.3, -0.25) is 20.2 Å². The average molecular weight is 225 g/mol. The van der Waals surface area contributed by atoms with Crippen LogP contribution in [-0.2, 0) is 4.79 Å². The number of hydroxylamine groups is 1. The van der Waals surface area contributed by atoms with Crippen LogP contribution in [0, 0.1) is 0 Å². The van der Waals surface area contributed by atoms with E-state index in [-0.39, 0.29) is 6.61 Å². The number of nitrogens with two attached hydrogens (primary N) is 1. The molecule has 0 atom stereocenters. The lowest BCUT2D eigenvalue weighted by molar-refractivity contribution is -0.131.